The number of ether oxygens (including phenoxy) is 1. The van der Waals surface area contributed by atoms with E-state index < -0.39 is 0 Å². The molecular weight excluding hydrogens is 190 g/mol. The van der Waals surface area contributed by atoms with Crippen LogP contribution in [0.15, 0.2) is 12.3 Å². The van der Waals surface area contributed by atoms with Crippen LogP contribution in [0.3, 0.4) is 0 Å². The smallest absolute Gasteiger partial charge is 0.133 e. The molecule has 1 fully saturated rings. The van der Waals surface area contributed by atoms with E-state index >= 15 is 0 Å². The van der Waals surface area contributed by atoms with E-state index in [4.69, 9.17) is 10.5 Å². The van der Waals surface area contributed by atoms with Gasteiger partial charge in [0.15, 0.2) is 0 Å². The fourth-order valence-corrected chi connectivity index (χ4v) is 1.84. The fraction of sp³-hybridized carbons (Fsp3) is 0.636. The normalized spacial score (nSPS) is 21.5. The maximum absolute atomic E-state index is 5.50. The molecular formula is C11H17N3O. The van der Waals surface area contributed by atoms with Crippen LogP contribution in [0.1, 0.15) is 30.3 Å². The zero-order valence-electron chi connectivity index (χ0n) is 8.85. The monoisotopic (exact) mass is 207 g/mol. The number of aromatic nitrogens is 2. The Labute approximate surface area is 89.9 Å². The highest BCUT2D eigenvalue weighted by Crippen LogP contribution is 2.22. The number of hydrogen-bond donors (Lipinski definition) is 1. The average Bonchev–Trinajstić information content (AvgIpc) is 2.31. The summed E-state index contributed by atoms with van der Waals surface area (Å²) in [5.41, 5.74) is 6.54. The van der Waals surface area contributed by atoms with Crippen molar-refractivity contribution >= 4 is 0 Å². The van der Waals surface area contributed by atoms with E-state index in [2.05, 4.69) is 9.97 Å². The molecule has 0 bridgehead atoms. The van der Waals surface area contributed by atoms with Gasteiger partial charge < -0.3 is 10.5 Å². The molecule has 2 N–H and O–H groups in total. The quantitative estimate of drug-likeness (QED) is 0.799. The molecule has 1 atom stereocenters. The Morgan fingerprint density at radius 2 is 2.47 bits per heavy atom. The Balaban J connectivity index is 2.09. The van der Waals surface area contributed by atoms with Crippen molar-refractivity contribution in [3.63, 3.8) is 0 Å². The number of nitrogens with zero attached hydrogens (tertiary/aromatic N) is 2. The van der Waals surface area contributed by atoms with Gasteiger partial charge in [-0.1, -0.05) is 0 Å². The van der Waals surface area contributed by atoms with Crippen molar-refractivity contribution in [1.82, 2.24) is 9.97 Å². The van der Waals surface area contributed by atoms with Gasteiger partial charge >= 0.3 is 0 Å². The van der Waals surface area contributed by atoms with Crippen molar-refractivity contribution in [3.05, 3.63) is 23.8 Å². The number of nitrogens with two attached hydrogens (primary N) is 1. The molecule has 1 aromatic rings. The molecule has 1 aliphatic rings. The van der Waals surface area contributed by atoms with Crippen molar-refractivity contribution in [2.24, 2.45) is 5.73 Å². The Hall–Kier alpha value is -1.00. The molecule has 1 aromatic heterocycles. The van der Waals surface area contributed by atoms with Gasteiger partial charge in [-0.15, -0.1) is 0 Å². The number of rotatable bonds is 3. The van der Waals surface area contributed by atoms with Gasteiger partial charge in [0.1, 0.15) is 5.82 Å². The third-order valence-electron chi connectivity index (χ3n) is 2.66. The molecule has 2 heterocycles. The SMILES string of the molecule is NCCc1ccnc(C2CCCOC2)n1. The molecule has 0 aromatic carbocycles. The summed E-state index contributed by atoms with van der Waals surface area (Å²) >= 11 is 0. The Morgan fingerprint density at radius 1 is 1.53 bits per heavy atom. The first-order chi connectivity index (χ1) is 7.40. The molecule has 4 heteroatoms. The van der Waals surface area contributed by atoms with Crippen LogP contribution < -0.4 is 5.73 Å². The van der Waals surface area contributed by atoms with Crippen LogP contribution in [0.2, 0.25) is 0 Å². The lowest BCUT2D eigenvalue weighted by molar-refractivity contribution is 0.0780. The molecule has 0 saturated carbocycles. The van der Waals surface area contributed by atoms with Gasteiger partial charge in [0.05, 0.1) is 6.61 Å². The van der Waals surface area contributed by atoms with E-state index in [0.29, 0.717) is 12.5 Å². The maximum Gasteiger partial charge on any atom is 0.133 e. The summed E-state index contributed by atoms with van der Waals surface area (Å²) in [6.07, 6.45) is 4.88. The summed E-state index contributed by atoms with van der Waals surface area (Å²) in [4.78, 5) is 8.83. The standard InChI is InChI=1S/C11H17N3O/c12-5-3-10-4-6-13-11(14-10)9-2-1-7-15-8-9/h4,6,9H,1-3,5,7-8,12H2. The second-order valence-corrected chi connectivity index (χ2v) is 3.86. The molecule has 4 nitrogen and oxygen atoms in total. The lowest BCUT2D eigenvalue weighted by Gasteiger charge is -2.20. The second-order valence-electron chi connectivity index (χ2n) is 3.86. The van der Waals surface area contributed by atoms with Crippen molar-refractivity contribution in [1.29, 1.82) is 0 Å². The molecule has 2 rings (SSSR count). The molecule has 0 aliphatic carbocycles. The predicted molar refractivity (Wildman–Crippen MR) is 57.6 cm³/mol. The largest absolute Gasteiger partial charge is 0.381 e. The minimum Gasteiger partial charge on any atom is -0.381 e. The summed E-state index contributed by atoms with van der Waals surface area (Å²) < 4.78 is 5.43. The molecule has 1 aliphatic heterocycles. The highest BCUT2D eigenvalue weighted by atomic mass is 16.5. The summed E-state index contributed by atoms with van der Waals surface area (Å²) in [7, 11) is 0. The van der Waals surface area contributed by atoms with Gasteiger partial charge in [-0.05, 0) is 25.5 Å². The first-order valence-corrected chi connectivity index (χ1v) is 5.50. The van der Waals surface area contributed by atoms with Gasteiger partial charge in [-0.3, -0.25) is 0 Å². The van der Waals surface area contributed by atoms with Gasteiger partial charge in [0, 0.05) is 30.8 Å². The van der Waals surface area contributed by atoms with Gasteiger partial charge in [0.2, 0.25) is 0 Å². The van der Waals surface area contributed by atoms with Crippen LogP contribution in [0, 0.1) is 0 Å². The molecule has 1 saturated heterocycles. The third-order valence-corrected chi connectivity index (χ3v) is 2.66. The Kier molecular flexibility index (Phi) is 3.64. The van der Waals surface area contributed by atoms with E-state index in [1.165, 1.54) is 0 Å². The average molecular weight is 207 g/mol. The molecule has 82 valence electrons. The van der Waals surface area contributed by atoms with Gasteiger partial charge in [0.25, 0.3) is 0 Å². The lowest BCUT2D eigenvalue weighted by Crippen LogP contribution is -2.18. The van der Waals surface area contributed by atoms with Crippen LogP contribution in [-0.2, 0) is 11.2 Å². The minimum absolute atomic E-state index is 0.372. The highest BCUT2D eigenvalue weighted by molar-refractivity contribution is 5.06. The molecule has 0 radical (unpaired) electrons. The first kappa shape index (κ1) is 10.5. The van der Waals surface area contributed by atoms with E-state index in [1.54, 1.807) is 0 Å². The molecule has 0 spiro atoms. The topological polar surface area (TPSA) is 61.0 Å². The summed E-state index contributed by atoms with van der Waals surface area (Å²) in [5.74, 6) is 1.29. The van der Waals surface area contributed by atoms with E-state index in [0.717, 1.165) is 44.0 Å². The zero-order chi connectivity index (χ0) is 10.5. The number of hydrogen-bond acceptors (Lipinski definition) is 4. The second kappa shape index (κ2) is 5.19. The van der Waals surface area contributed by atoms with Crippen LogP contribution in [0.25, 0.3) is 0 Å². The third kappa shape index (κ3) is 2.73. The van der Waals surface area contributed by atoms with Gasteiger partial charge in [-0.25, -0.2) is 9.97 Å². The first-order valence-electron chi connectivity index (χ1n) is 5.50. The minimum atomic E-state index is 0.372. The summed E-state index contributed by atoms with van der Waals surface area (Å²) in [5, 5.41) is 0. The van der Waals surface area contributed by atoms with Crippen molar-refractivity contribution in [2.45, 2.75) is 25.2 Å². The molecule has 1 unspecified atom stereocenters. The summed E-state index contributed by atoms with van der Waals surface area (Å²) in [6.45, 7) is 2.27. The van der Waals surface area contributed by atoms with E-state index in [-0.39, 0.29) is 0 Å². The van der Waals surface area contributed by atoms with Gasteiger partial charge in [-0.2, -0.15) is 0 Å². The van der Waals surface area contributed by atoms with E-state index in [1.807, 2.05) is 12.3 Å². The Bertz CT molecular complexity index is 310. The fourth-order valence-electron chi connectivity index (χ4n) is 1.84. The lowest BCUT2D eigenvalue weighted by atomic mass is 10.0. The van der Waals surface area contributed by atoms with Crippen molar-refractivity contribution < 1.29 is 4.74 Å². The van der Waals surface area contributed by atoms with Crippen LogP contribution in [-0.4, -0.2) is 29.7 Å². The zero-order valence-corrected chi connectivity index (χ0v) is 8.85. The van der Waals surface area contributed by atoms with Crippen molar-refractivity contribution in [2.75, 3.05) is 19.8 Å². The van der Waals surface area contributed by atoms with Crippen LogP contribution in [0.5, 0.6) is 0 Å². The predicted octanol–water partition coefficient (Wildman–Crippen LogP) is 0.872. The highest BCUT2D eigenvalue weighted by Gasteiger charge is 2.18. The van der Waals surface area contributed by atoms with Crippen LogP contribution >= 0.6 is 0 Å². The summed E-state index contributed by atoms with van der Waals surface area (Å²) in [6, 6.07) is 1.93. The maximum atomic E-state index is 5.50. The molecule has 15 heavy (non-hydrogen) atoms. The Morgan fingerprint density at radius 3 is 3.20 bits per heavy atom. The van der Waals surface area contributed by atoms with E-state index in [9.17, 15) is 0 Å². The van der Waals surface area contributed by atoms with Crippen LogP contribution in [0.4, 0.5) is 0 Å². The molecule has 0 amide bonds. The van der Waals surface area contributed by atoms with Crippen molar-refractivity contribution in [3.8, 4) is 0 Å².